The molecular formula is C23H21N5O2. The van der Waals surface area contributed by atoms with Gasteiger partial charge in [0.05, 0.1) is 41.5 Å². The molecule has 0 unspecified atom stereocenters. The van der Waals surface area contributed by atoms with Crippen molar-refractivity contribution in [1.29, 1.82) is 0 Å². The van der Waals surface area contributed by atoms with Crippen molar-refractivity contribution in [3.8, 4) is 28.4 Å². The molecule has 3 aromatic heterocycles. The number of nitrogens with one attached hydrogen (secondary N) is 2. The van der Waals surface area contributed by atoms with E-state index in [4.69, 9.17) is 4.74 Å². The van der Waals surface area contributed by atoms with Gasteiger partial charge in [0, 0.05) is 16.6 Å². The van der Waals surface area contributed by atoms with E-state index in [1.54, 1.807) is 12.5 Å². The number of H-pyrrole nitrogens is 1. The zero-order valence-corrected chi connectivity index (χ0v) is 16.6. The number of rotatable bonds is 5. The maximum Gasteiger partial charge on any atom is 0.311 e. The highest BCUT2D eigenvalue weighted by Crippen LogP contribution is 2.30. The van der Waals surface area contributed by atoms with Crippen molar-refractivity contribution in [3.63, 3.8) is 0 Å². The van der Waals surface area contributed by atoms with E-state index in [-0.39, 0.29) is 5.97 Å². The number of imidazole rings is 1. The Hall–Kier alpha value is -3.58. The standard InChI is InChI=1S/C23H21N5O2/c1-14-3-2-4-20(28-14)23-22(26-13-27-23)16-5-6-19-17(8-16)9-18(12-25-19)30-21(29)7-15-10-24-11-15/h2-6,8-9,12-13,15,24H,7,10-11H2,1H3,(H,26,27). The van der Waals surface area contributed by atoms with Gasteiger partial charge in [0.25, 0.3) is 0 Å². The fraction of sp³-hybridized carbons (Fsp3) is 0.217. The van der Waals surface area contributed by atoms with Crippen molar-refractivity contribution >= 4 is 16.9 Å². The molecule has 1 aromatic carbocycles. The second kappa shape index (κ2) is 7.68. The first-order valence-corrected chi connectivity index (χ1v) is 9.95. The van der Waals surface area contributed by atoms with E-state index in [0.717, 1.165) is 52.3 Å². The number of carbonyl (C=O) groups is 1. The molecule has 5 rings (SSSR count). The van der Waals surface area contributed by atoms with Crippen LogP contribution in [0.15, 0.2) is 55.0 Å². The quantitative estimate of drug-likeness (QED) is 0.499. The SMILES string of the molecule is Cc1cccc(-c2[nH]cnc2-c2ccc3ncc(OC(=O)CC4CNC4)cc3c2)n1. The van der Waals surface area contributed by atoms with Gasteiger partial charge in [0.15, 0.2) is 0 Å². The lowest BCUT2D eigenvalue weighted by molar-refractivity contribution is -0.135. The maximum absolute atomic E-state index is 12.1. The third-order valence-electron chi connectivity index (χ3n) is 5.27. The van der Waals surface area contributed by atoms with E-state index < -0.39 is 0 Å². The molecule has 7 nitrogen and oxygen atoms in total. The number of benzene rings is 1. The van der Waals surface area contributed by atoms with Gasteiger partial charge in [-0.25, -0.2) is 4.98 Å². The molecule has 0 amide bonds. The zero-order chi connectivity index (χ0) is 20.5. The van der Waals surface area contributed by atoms with Crippen molar-refractivity contribution in [1.82, 2.24) is 25.3 Å². The largest absolute Gasteiger partial charge is 0.425 e. The highest BCUT2D eigenvalue weighted by molar-refractivity contribution is 5.88. The summed E-state index contributed by atoms with van der Waals surface area (Å²) in [6.07, 6.45) is 3.69. The van der Waals surface area contributed by atoms with Crippen molar-refractivity contribution in [2.45, 2.75) is 13.3 Å². The van der Waals surface area contributed by atoms with Gasteiger partial charge in [0.1, 0.15) is 5.75 Å². The molecule has 0 spiro atoms. The Kier molecular flexibility index (Phi) is 4.72. The summed E-state index contributed by atoms with van der Waals surface area (Å²) in [5.41, 5.74) is 5.23. The van der Waals surface area contributed by atoms with Gasteiger partial charge < -0.3 is 15.0 Å². The molecule has 7 heteroatoms. The predicted octanol–water partition coefficient (Wildman–Crippen LogP) is 3.51. The van der Waals surface area contributed by atoms with E-state index in [1.165, 1.54) is 0 Å². The van der Waals surface area contributed by atoms with Crippen LogP contribution >= 0.6 is 0 Å². The molecule has 0 aliphatic carbocycles. The summed E-state index contributed by atoms with van der Waals surface area (Å²) in [4.78, 5) is 28.9. The molecule has 0 radical (unpaired) electrons. The van der Waals surface area contributed by atoms with Gasteiger partial charge in [-0.1, -0.05) is 12.1 Å². The molecule has 150 valence electrons. The van der Waals surface area contributed by atoms with Gasteiger partial charge in [-0.2, -0.15) is 0 Å². The van der Waals surface area contributed by atoms with Crippen LogP contribution in [-0.2, 0) is 4.79 Å². The molecule has 0 bridgehead atoms. The first-order valence-electron chi connectivity index (χ1n) is 9.95. The van der Waals surface area contributed by atoms with Crippen LogP contribution in [0.5, 0.6) is 5.75 Å². The third-order valence-corrected chi connectivity index (χ3v) is 5.27. The van der Waals surface area contributed by atoms with Gasteiger partial charge in [-0.05, 0) is 56.3 Å². The van der Waals surface area contributed by atoms with Gasteiger partial charge in [-0.3, -0.25) is 14.8 Å². The summed E-state index contributed by atoms with van der Waals surface area (Å²) >= 11 is 0. The number of esters is 1. The number of fused-ring (bicyclic) bond motifs is 1. The Morgan fingerprint density at radius 2 is 2.07 bits per heavy atom. The molecule has 0 atom stereocenters. The van der Waals surface area contributed by atoms with Crippen molar-refractivity contribution in [3.05, 3.63) is 60.7 Å². The van der Waals surface area contributed by atoms with Gasteiger partial charge in [-0.15, -0.1) is 0 Å². The second-order valence-electron chi connectivity index (χ2n) is 7.57. The normalized spacial score (nSPS) is 13.9. The fourth-order valence-corrected chi connectivity index (χ4v) is 3.61. The molecule has 1 saturated heterocycles. The van der Waals surface area contributed by atoms with Crippen molar-refractivity contribution in [2.75, 3.05) is 13.1 Å². The number of pyridine rings is 2. The summed E-state index contributed by atoms with van der Waals surface area (Å²) in [7, 11) is 0. The summed E-state index contributed by atoms with van der Waals surface area (Å²) in [6, 6.07) is 13.7. The first-order chi connectivity index (χ1) is 14.7. The van der Waals surface area contributed by atoms with E-state index >= 15 is 0 Å². The lowest BCUT2D eigenvalue weighted by Gasteiger charge is -2.25. The highest BCUT2D eigenvalue weighted by atomic mass is 16.5. The molecular weight excluding hydrogens is 378 g/mol. The highest BCUT2D eigenvalue weighted by Gasteiger charge is 2.21. The topological polar surface area (TPSA) is 92.8 Å². The summed E-state index contributed by atoms with van der Waals surface area (Å²) < 4.78 is 5.50. The minimum atomic E-state index is -0.223. The average molecular weight is 399 g/mol. The molecule has 30 heavy (non-hydrogen) atoms. The smallest absolute Gasteiger partial charge is 0.311 e. The minimum absolute atomic E-state index is 0.223. The monoisotopic (exact) mass is 399 g/mol. The Morgan fingerprint density at radius 3 is 2.87 bits per heavy atom. The molecule has 0 saturated carbocycles. The lowest BCUT2D eigenvalue weighted by atomic mass is 10.00. The second-order valence-corrected chi connectivity index (χ2v) is 7.57. The number of ether oxygens (including phenoxy) is 1. The van der Waals surface area contributed by atoms with Crippen LogP contribution in [0.1, 0.15) is 12.1 Å². The molecule has 4 aromatic rings. The fourth-order valence-electron chi connectivity index (χ4n) is 3.61. The first kappa shape index (κ1) is 18.4. The Bertz CT molecular complexity index is 1230. The van der Waals surface area contributed by atoms with Crippen LogP contribution in [-0.4, -0.2) is 39.0 Å². The Labute approximate surface area is 173 Å². The third kappa shape index (κ3) is 3.67. The van der Waals surface area contributed by atoms with E-state index in [2.05, 4.69) is 25.3 Å². The number of hydrogen-bond acceptors (Lipinski definition) is 6. The number of aryl methyl sites for hydroxylation is 1. The van der Waals surface area contributed by atoms with E-state index in [0.29, 0.717) is 18.1 Å². The van der Waals surface area contributed by atoms with E-state index in [1.807, 2.05) is 49.4 Å². The molecule has 1 aliphatic heterocycles. The Balaban J connectivity index is 1.45. The van der Waals surface area contributed by atoms with Gasteiger partial charge >= 0.3 is 5.97 Å². The summed E-state index contributed by atoms with van der Waals surface area (Å²) in [6.45, 7) is 3.71. The molecule has 1 aliphatic rings. The number of aromatic amines is 1. The van der Waals surface area contributed by atoms with Crippen LogP contribution < -0.4 is 10.1 Å². The predicted molar refractivity (Wildman–Crippen MR) is 114 cm³/mol. The van der Waals surface area contributed by atoms with Gasteiger partial charge in [0.2, 0.25) is 0 Å². The van der Waals surface area contributed by atoms with Crippen LogP contribution in [0.2, 0.25) is 0 Å². The van der Waals surface area contributed by atoms with Crippen molar-refractivity contribution < 1.29 is 9.53 Å². The Morgan fingerprint density at radius 1 is 1.17 bits per heavy atom. The minimum Gasteiger partial charge on any atom is -0.425 e. The van der Waals surface area contributed by atoms with Crippen LogP contribution in [0.3, 0.4) is 0 Å². The van der Waals surface area contributed by atoms with Crippen molar-refractivity contribution in [2.24, 2.45) is 5.92 Å². The van der Waals surface area contributed by atoms with Crippen LogP contribution in [0, 0.1) is 12.8 Å². The maximum atomic E-state index is 12.1. The van der Waals surface area contributed by atoms with Crippen LogP contribution in [0.25, 0.3) is 33.5 Å². The number of hydrogen-bond donors (Lipinski definition) is 2. The average Bonchev–Trinajstić information content (AvgIpc) is 3.20. The molecule has 1 fully saturated rings. The van der Waals surface area contributed by atoms with E-state index in [9.17, 15) is 4.79 Å². The molecule has 4 heterocycles. The number of aromatic nitrogens is 4. The lowest BCUT2D eigenvalue weighted by Crippen LogP contribution is -2.43. The van der Waals surface area contributed by atoms with Crippen LogP contribution in [0.4, 0.5) is 0 Å². The summed E-state index contributed by atoms with van der Waals surface area (Å²) in [5, 5.41) is 4.04. The molecule has 2 N–H and O–H groups in total. The zero-order valence-electron chi connectivity index (χ0n) is 16.6. The summed E-state index contributed by atoms with van der Waals surface area (Å²) in [5.74, 6) is 0.601. The number of carbonyl (C=O) groups excluding carboxylic acids is 1. The number of nitrogens with zero attached hydrogens (tertiary/aromatic N) is 3.